The molecule has 3 nitrogen and oxygen atoms in total. The SMILES string of the molecule is Cc1c(Cl)cccc1N1CC(O)CCC1=O. The fourth-order valence-electron chi connectivity index (χ4n) is 1.95. The van der Waals surface area contributed by atoms with E-state index in [1.807, 2.05) is 19.1 Å². The number of nitrogens with zero attached hydrogens (tertiary/aromatic N) is 1. The van der Waals surface area contributed by atoms with Gasteiger partial charge in [-0.05, 0) is 31.0 Å². The highest BCUT2D eigenvalue weighted by atomic mass is 35.5. The maximum atomic E-state index is 11.8. The Morgan fingerprint density at radius 3 is 3.00 bits per heavy atom. The smallest absolute Gasteiger partial charge is 0.227 e. The minimum absolute atomic E-state index is 0.0515. The molecular formula is C12H14ClNO2. The van der Waals surface area contributed by atoms with Crippen LogP contribution in [0.2, 0.25) is 5.02 Å². The molecule has 16 heavy (non-hydrogen) atoms. The van der Waals surface area contributed by atoms with Crippen LogP contribution in [0.5, 0.6) is 0 Å². The van der Waals surface area contributed by atoms with Crippen LogP contribution in [0.1, 0.15) is 18.4 Å². The number of β-amino-alcohol motifs (C(OH)–C–C–N with tert-alkyl or cyclic N) is 1. The maximum Gasteiger partial charge on any atom is 0.227 e. The summed E-state index contributed by atoms with van der Waals surface area (Å²) >= 11 is 6.02. The molecule has 0 saturated carbocycles. The predicted octanol–water partition coefficient (Wildman–Crippen LogP) is 2.14. The van der Waals surface area contributed by atoms with Gasteiger partial charge in [-0.25, -0.2) is 0 Å². The van der Waals surface area contributed by atoms with Crippen molar-refractivity contribution < 1.29 is 9.90 Å². The van der Waals surface area contributed by atoms with Gasteiger partial charge in [-0.15, -0.1) is 0 Å². The van der Waals surface area contributed by atoms with Gasteiger partial charge in [0.1, 0.15) is 0 Å². The topological polar surface area (TPSA) is 40.5 Å². The molecule has 1 aliphatic rings. The molecule has 1 unspecified atom stereocenters. The molecule has 0 bridgehead atoms. The molecule has 1 fully saturated rings. The lowest BCUT2D eigenvalue weighted by molar-refractivity contribution is -0.121. The second-order valence-corrected chi connectivity index (χ2v) is 4.49. The Morgan fingerprint density at radius 2 is 2.25 bits per heavy atom. The Morgan fingerprint density at radius 1 is 1.50 bits per heavy atom. The van der Waals surface area contributed by atoms with Gasteiger partial charge < -0.3 is 10.0 Å². The summed E-state index contributed by atoms with van der Waals surface area (Å²) in [5.41, 5.74) is 1.68. The first-order valence-electron chi connectivity index (χ1n) is 5.33. The summed E-state index contributed by atoms with van der Waals surface area (Å²) in [6.45, 7) is 2.24. The first-order valence-corrected chi connectivity index (χ1v) is 5.71. The average Bonchev–Trinajstić information content (AvgIpc) is 2.26. The molecule has 0 radical (unpaired) electrons. The number of aliphatic hydroxyl groups excluding tert-OH is 1. The number of piperidine rings is 1. The lowest BCUT2D eigenvalue weighted by atomic mass is 10.1. The number of benzene rings is 1. The van der Waals surface area contributed by atoms with Gasteiger partial charge >= 0.3 is 0 Å². The highest BCUT2D eigenvalue weighted by Crippen LogP contribution is 2.29. The van der Waals surface area contributed by atoms with E-state index in [0.29, 0.717) is 24.4 Å². The van der Waals surface area contributed by atoms with Gasteiger partial charge in [0.15, 0.2) is 0 Å². The van der Waals surface area contributed by atoms with E-state index in [9.17, 15) is 9.90 Å². The summed E-state index contributed by atoms with van der Waals surface area (Å²) in [5, 5.41) is 10.2. The molecule has 2 rings (SSSR count). The first-order chi connectivity index (χ1) is 7.59. The zero-order valence-electron chi connectivity index (χ0n) is 9.11. The van der Waals surface area contributed by atoms with E-state index in [4.69, 9.17) is 11.6 Å². The number of halogens is 1. The lowest BCUT2D eigenvalue weighted by Crippen LogP contribution is -2.42. The van der Waals surface area contributed by atoms with Crippen LogP contribution in [0, 0.1) is 6.92 Å². The fourth-order valence-corrected chi connectivity index (χ4v) is 2.12. The molecule has 1 N–H and O–H groups in total. The molecule has 0 aliphatic carbocycles. The van der Waals surface area contributed by atoms with Crippen molar-refractivity contribution in [3.05, 3.63) is 28.8 Å². The monoisotopic (exact) mass is 239 g/mol. The normalized spacial score (nSPS) is 21.3. The maximum absolute atomic E-state index is 11.8. The van der Waals surface area contributed by atoms with Crippen molar-refractivity contribution in [2.75, 3.05) is 11.4 Å². The molecule has 0 aromatic heterocycles. The lowest BCUT2D eigenvalue weighted by Gasteiger charge is -2.31. The van der Waals surface area contributed by atoms with Crippen molar-refractivity contribution in [2.45, 2.75) is 25.9 Å². The van der Waals surface area contributed by atoms with E-state index < -0.39 is 6.10 Å². The van der Waals surface area contributed by atoms with Crippen LogP contribution in [0.25, 0.3) is 0 Å². The number of carbonyl (C=O) groups is 1. The molecule has 86 valence electrons. The Balaban J connectivity index is 2.35. The van der Waals surface area contributed by atoms with Crippen LogP contribution in [-0.2, 0) is 4.79 Å². The second-order valence-electron chi connectivity index (χ2n) is 4.08. The standard InChI is InChI=1S/C12H14ClNO2/c1-8-10(13)3-2-4-11(8)14-7-9(15)5-6-12(14)16/h2-4,9,15H,5-7H2,1H3. The summed E-state index contributed by atoms with van der Waals surface area (Å²) in [7, 11) is 0. The van der Waals surface area contributed by atoms with Gasteiger partial charge in [-0.1, -0.05) is 17.7 Å². The van der Waals surface area contributed by atoms with Gasteiger partial charge in [0.25, 0.3) is 0 Å². The zero-order valence-corrected chi connectivity index (χ0v) is 9.87. The van der Waals surface area contributed by atoms with Crippen molar-refractivity contribution in [2.24, 2.45) is 0 Å². The number of anilines is 1. The fraction of sp³-hybridized carbons (Fsp3) is 0.417. The van der Waals surface area contributed by atoms with Gasteiger partial charge in [-0.2, -0.15) is 0 Å². The van der Waals surface area contributed by atoms with Gasteiger partial charge in [-0.3, -0.25) is 4.79 Å². The highest BCUT2D eigenvalue weighted by molar-refractivity contribution is 6.31. The van der Waals surface area contributed by atoms with E-state index in [0.717, 1.165) is 11.3 Å². The molecule has 1 aromatic carbocycles. The summed E-state index contributed by atoms with van der Waals surface area (Å²) in [6.07, 6.45) is 0.512. The van der Waals surface area contributed by atoms with E-state index in [1.54, 1.807) is 11.0 Å². The quantitative estimate of drug-likeness (QED) is 0.816. The molecule has 1 aromatic rings. The van der Waals surface area contributed by atoms with Crippen LogP contribution in [0.3, 0.4) is 0 Å². The molecular weight excluding hydrogens is 226 g/mol. The molecule has 1 aliphatic heterocycles. The molecule has 1 heterocycles. The van der Waals surface area contributed by atoms with Crippen molar-refractivity contribution in [1.29, 1.82) is 0 Å². The Kier molecular flexibility index (Phi) is 3.17. The van der Waals surface area contributed by atoms with Crippen molar-refractivity contribution in [1.82, 2.24) is 0 Å². The molecule has 1 saturated heterocycles. The van der Waals surface area contributed by atoms with Gasteiger partial charge in [0, 0.05) is 17.1 Å². The molecule has 1 atom stereocenters. The van der Waals surface area contributed by atoms with E-state index in [-0.39, 0.29) is 5.91 Å². The number of hydrogen-bond acceptors (Lipinski definition) is 2. The number of amides is 1. The van der Waals surface area contributed by atoms with Crippen LogP contribution < -0.4 is 4.90 Å². The number of carbonyl (C=O) groups excluding carboxylic acids is 1. The molecule has 0 spiro atoms. The first kappa shape index (κ1) is 11.4. The van der Waals surface area contributed by atoms with E-state index >= 15 is 0 Å². The summed E-state index contributed by atoms with van der Waals surface area (Å²) in [6, 6.07) is 5.47. The summed E-state index contributed by atoms with van der Waals surface area (Å²) in [4.78, 5) is 13.4. The van der Waals surface area contributed by atoms with Crippen LogP contribution in [0.4, 0.5) is 5.69 Å². The predicted molar refractivity (Wildman–Crippen MR) is 63.8 cm³/mol. The Hall–Kier alpha value is -1.06. The van der Waals surface area contributed by atoms with Crippen LogP contribution >= 0.6 is 11.6 Å². The molecule has 1 amide bonds. The number of aliphatic hydroxyl groups is 1. The summed E-state index contributed by atoms with van der Waals surface area (Å²) < 4.78 is 0. The largest absolute Gasteiger partial charge is 0.391 e. The highest BCUT2D eigenvalue weighted by Gasteiger charge is 2.26. The minimum Gasteiger partial charge on any atom is -0.391 e. The number of hydrogen-bond donors (Lipinski definition) is 1. The second kappa shape index (κ2) is 4.44. The van der Waals surface area contributed by atoms with Gasteiger partial charge in [0.2, 0.25) is 5.91 Å². The van der Waals surface area contributed by atoms with Crippen molar-refractivity contribution in [3.63, 3.8) is 0 Å². The summed E-state index contributed by atoms with van der Waals surface area (Å²) in [5.74, 6) is 0.0515. The van der Waals surface area contributed by atoms with E-state index in [1.165, 1.54) is 0 Å². The van der Waals surface area contributed by atoms with Crippen molar-refractivity contribution >= 4 is 23.2 Å². The van der Waals surface area contributed by atoms with Crippen molar-refractivity contribution in [3.8, 4) is 0 Å². The number of rotatable bonds is 1. The third-order valence-electron chi connectivity index (χ3n) is 2.92. The van der Waals surface area contributed by atoms with Crippen LogP contribution in [-0.4, -0.2) is 23.7 Å². The van der Waals surface area contributed by atoms with Crippen LogP contribution in [0.15, 0.2) is 18.2 Å². The molecule has 4 heteroatoms. The third-order valence-corrected chi connectivity index (χ3v) is 3.33. The van der Waals surface area contributed by atoms with E-state index in [2.05, 4.69) is 0 Å². The third kappa shape index (κ3) is 2.06. The van der Waals surface area contributed by atoms with Gasteiger partial charge in [0.05, 0.1) is 12.6 Å². The average molecular weight is 240 g/mol. The Bertz CT molecular complexity index is 419. The minimum atomic E-state index is -0.434. The Labute approximate surface area is 99.6 Å². The zero-order chi connectivity index (χ0) is 11.7.